The summed E-state index contributed by atoms with van der Waals surface area (Å²) >= 11 is 0. The predicted molar refractivity (Wildman–Crippen MR) is 79.7 cm³/mol. The lowest BCUT2D eigenvalue weighted by Gasteiger charge is -2.17. The maximum Gasteiger partial charge on any atom is 0.326 e. The van der Waals surface area contributed by atoms with Crippen molar-refractivity contribution in [2.75, 3.05) is 0 Å². The normalized spacial score (nSPS) is 13.4. The summed E-state index contributed by atoms with van der Waals surface area (Å²) in [5.41, 5.74) is 0.449. The standard InChI is InChI=1S/C16H23NO4/c1-2-3-4-8-11-13(16(20)21)17-15(19)14(18)12-9-6-5-7-10-12/h5-7,9-10,13-14,18H,2-4,8,11H2,1H3,(H,17,19)(H,20,21)/t13-,14+/m1/s1. The van der Waals surface area contributed by atoms with Gasteiger partial charge in [-0.2, -0.15) is 0 Å². The van der Waals surface area contributed by atoms with Crippen LogP contribution in [0.1, 0.15) is 50.7 Å². The number of unbranched alkanes of at least 4 members (excludes halogenated alkanes) is 3. The zero-order chi connectivity index (χ0) is 15.7. The Morgan fingerprint density at radius 1 is 1.14 bits per heavy atom. The highest BCUT2D eigenvalue weighted by molar-refractivity contribution is 5.86. The SMILES string of the molecule is CCCCCC[C@@H](NC(=O)[C@@H](O)c1ccccc1)C(=O)O. The number of hydrogen-bond acceptors (Lipinski definition) is 3. The molecule has 21 heavy (non-hydrogen) atoms. The number of carboxylic acid groups (broad SMARTS) is 1. The topological polar surface area (TPSA) is 86.6 Å². The molecule has 0 spiro atoms. The van der Waals surface area contributed by atoms with Gasteiger partial charge >= 0.3 is 5.97 Å². The highest BCUT2D eigenvalue weighted by atomic mass is 16.4. The highest BCUT2D eigenvalue weighted by Crippen LogP contribution is 2.13. The minimum Gasteiger partial charge on any atom is -0.480 e. The van der Waals surface area contributed by atoms with Crippen molar-refractivity contribution in [2.45, 2.75) is 51.2 Å². The van der Waals surface area contributed by atoms with Crippen LogP contribution in [0.5, 0.6) is 0 Å². The number of benzene rings is 1. The molecule has 0 saturated heterocycles. The summed E-state index contributed by atoms with van der Waals surface area (Å²) in [4.78, 5) is 23.1. The monoisotopic (exact) mass is 293 g/mol. The van der Waals surface area contributed by atoms with Gasteiger partial charge in [-0.3, -0.25) is 4.79 Å². The Kier molecular flexibility index (Phi) is 7.46. The van der Waals surface area contributed by atoms with E-state index in [9.17, 15) is 14.7 Å². The van der Waals surface area contributed by atoms with Gasteiger partial charge < -0.3 is 15.5 Å². The van der Waals surface area contributed by atoms with Crippen LogP contribution in [0.15, 0.2) is 30.3 Å². The van der Waals surface area contributed by atoms with Gasteiger partial charge in [0.2, 0.25) is 0 Å². The quantitative estimate of drug-likeness (QED) is 0.609. The fourth-order valence-electron chi connectivity index (χ4n) is 2.07. The summed E-state index contributed by atoms with van der Waals surface area (Å²) < 4.78 is 0. The van der Waals surface area contributed by atoms with E-state index in [2.05, 4.69) is 12.2 Å². The number of rotatable bonds is 9. The molecule has 116 valence electrons. The van der Waals surface area contributed by atoms with E-state index in [0.29, 0.717) is 12.0 Å². The molecule has 0 aliphatic rings. The lowest BCUT2D eigenvalue weighted by Crippen LogP contribution is -2.43. The van der Waals surface area contributed by atoms with E-state index < -0.39 is 24.0 Å². The van der Waals surface area contributed by atoms with Crippen molar-refractivity contribution in [2.24, 2.45) is 0 Å². The Labute approximate surface area is 125 Å². The van der Waals surface area contributed by atoms with Crippen LogP contribution in [0.25, 0.3) is 0 Å². The molecule has 5 heteroatoms. The van der Waals surface area contributed by atoms with Gasteiger partial charge in [0.15, 0.2) is 6.10 Å². The molecule has 0 unspecified atom stereocenters. The van der Waals surface area contributed by atoms with E-state index in [1.165, 1.54) is 0 Å². The molecule has 0 saturated carbocycles. The molecule has 0 fully saturated rings. The summed E-state index contributed by atoms with van der Waals surface area (Å²) in [5.74, 6) is -1.75. The molecule has 1 aromatic carbocycles. The number of hydrogen-bond donors (Lipinski definition) is 3. The van der Waals surface area contributed by atoms with Crippen molar-refractivity contribution in [1.29, 1.82) is 0 Å². The Bertz CT molecular complexity index is 447. The number of amides is 1. The molecule has 2 atom stereocenters. The van der Waals surface area contributed by atoms with Crippen LogP contribution in [0.2, 0.25) is 0 Å². The molecule has 0 aliphatic carbocycles. The Balaban J connectivity index is 2.54. The smallest absolute Gasteiger partial charge is 0.326 e. The first-order valence-electron chi connectivity index (χ1n) is 7.32. The van der Waals surface area contributed by atoms with E-state index in [0.717, 1.165) is 25.7 Å². The van der Waals surface area contributed by atoms with Crippen molar-refractivity contribution in [3.8, 4) is 0 Å². The van der Waals surface area contributed by atoms with Crippen molar-refractivity contribution in [3.05, 3.63) is 35.9 Å². The Morgan fingerprint density at radius 2 is 1.81 bits per heavy atom. The van der Waals surface area contributed by atoms with Crippen LogP contribution in [0.4, 0.5) is 0 Å². The second kappa shape index (κ2) is 9.13. The van der Waals surface area contributed by atoms with Crippen molar-refractivity contribution in [1.82, 2.24) is 5.32 Å². The average Bonchev–Trinajstić information content (AvgIpc) is 2.50. The van der Waals surface area contributed by atoms with Crippen LogP contribution in [-0.2, 0) is 9.59 Å². The predicted octanol–water partition coefficient (Wildman–Crippen LogP) is 2.26. The molecule has 1 aromatic rings. The number of aliphatic hydroxyl groups excluding tert-OH is 1. The molecule has 3 N–H and O–H groups in total. The van der Waals surface area contributed by atoms with E-state index >= 15 is 0 Å². The largest absolute Gasteiger partial charge is 0.480 e. The molecule has 0 radical (unpaired) electrons. The van der Waals surface area contributed by atoms with Crippen molar-refractivity contribution in [3.63, 3.8) is 0 Å². The maximum absolute atomic E-state index is 11.9. The third-order valence-corrected chi connectivity index (χ3v) is 3.32. The van der Waals surface area contributed by atoms with E-state index in [4.69, 9.17) is 5.11 Å². The molecule has 0 aromatic heterocycles. The summed E-state index contributed by atoms with van der Waals surface area (Å²) in [5, 5.41) is 21.5. The Morgan fingerprint density at radius 3 is 2.38 bits per heavy atom. The maximum atomic E-state index is 11.9. The van der Waals surface area contributed by atoms with Crippen LogP contribution < -0.4 is 5.32 Å². The first-order valence-corrected chi connectivity index (χ1v) is 7.32. The summed E-state index contributed by atoms with van der Waals surface area (Å²) in [6.45, 7) is 2.08. The van der Waals surface area contributed by atoms with Crippen molar-refractivity contribution < 1.29 is 19.8 Å². The van der Waals surface area contributed by atoms with Crippen LogP contribution in [0, 0.1) is 0 Å². The number of carbonyl (C=O) groups excluding carboxylic acids is 1. The first kappa shape index (κ1) is 17.2. The van der Waals surface area contributed by atoms with Crippen molar-refractivity contribution >= 4 is 11.9 Å². The zero-order valence-corrected chi connectivity index (χ0v) is 12.3. The average molecular weight is 293 g/mol. The molecule has 0 bridgehead atoms. The van der Waals surface area contributed by atoms with Gasteiger partial charge in [-0.05, 0) is 12.0 Å². The molecule has 1 rings (SSSR count). The number of aliphatic carboxylic acids is 1. The van der Waals surface area contributed by atoms with E-state index in [-0.39, 0.29) is 0 Å². The molecule has 1 amide bonds. The zero-order valence-electron chi connectivity index (χ0n) is 12.3. The first-order chi connectivity index (χ1) is 10.1. The molecular weight excluding hydrogens is 270 g/mol. The third-order valence-electron chi connectivity index (χ3n) is 3.32. The lowest BCUT2D eigenvalue weighted by atomic mass is 10.1. The van der Waals surface area contributed by atoms with Gasteiger partial charge in [-0.25, -0.2) is 4.79 Å². The van der Waals surface area contributed by atoms with Gasteiger partial charge in [-0.15, -0.1) is 0 Å². The summed E-state index contributed by atoms with van der Waals surface area (Å²) in [6, 6.07) is 7.51. The van der Waals surface area contributed by atoms with Gasteiger partial charge in [0.05, 0.1) is 0 Å². The fraction of sp³-hybridized carbons (Fsp3) is 0.500. The second-order valence-electron chi connectivity index (χ2n) is 5.06. The lowest BCUT2D eigenvalue weighted by molar-refractivity contribution is -0.143. The number of carboxylic acids is 1. The third kappa shape index (κ3) is 5.95. The fourth-order valence-corrected chi connectivity index (χ4v) is 2.07. The minimum absolute atomic E-state index is 0.378. The van der Waals surface area contributed by atoms with Crippen LogP contribution >= 0.6 is 0 Å². The Hall–Kier alpha value is -1.88. The van der Waals surface area contributed by atoms with Crippen LogP contribution in [-0.4, -0.2) is 28.1 Å². The van der Waals surface area contributed by atoms with Gasteiger partial charge in [0.1, 0.15) is 6.04 Å². The molecule has 0 heterocycles. The summed E-state index contributed by atoms with van der Waals surface area (Å²) in [6.07, 6.45) is 2.83. The van der Waals surface area contributed by atoms with Gasteiger partial charge in [-0.1, -0.05) is 62.9 Å². The highest BCUT2D eigenvalue weighted by Gasteiger charge is 2.24. The van der Waals surface area contributed by atoms with E-state index in [1.54, 1.807) is 30.3 Å². The van der Waals surface area contributed by atoms with Gasteiger partial charge in [0, 0.05) is 0 Å². The van der Waals surface area contributed by atoms with Gasteiger partial charge in [0.25, 0.3) is 5.91 Å². The number of carbonyl (C=O) groups is 2. The number of aliphatic hydroxyl groups is 1. The molecular formula is C16H23NO4. The molecule has 0 aliphatic heterocycles. The van der Waals surface area contributed by atoms with Crippen LogP contribution in [0.3, 0.4) is 0 Å². The number of nitrogens with one attached hydrogen (secondary N) is 1. The summed E-state index contributed by atoms with van der Waals surface area (Å²) in [7, 11) is 0. The second-order valence-corrected chi connectivity index (χ2v) is 5.06. The molecule has 5 nitrogen and oxygen atoms in total. The minimum atomic E-state index is -1.34. The van der Waals surface area contributed by atoms with E-state index in [1.807, 2.05) is 0 Å².